The number of rotatable bonds is 3. The molecule has 2 unspecified atom stereocenters. The van der Waals surface area contributed by atoms with Gasteiger partial charge in [-0.25, -0.2) is 4.68 Å². The number of ether oxygens (including phenoxy) is 1. The topological polar surface area (TPSA) is 72.3 Å². The number of morpholine rings is 1. The molecule has 7 nitrogen and oxygen atoms in total. The Morgan fingerprint density at radius 2 is 1.80 bits per heavy atom. The Hall–Kier alpha value is -2.55. The third kappa shape index (κ3) is 3.66. The molecular formula is C21H20ClN5O2S. The SMILES string of the molecule is O=C(C1Sc2nnc(-c3ccccc3)n2NC1c1ccc(Cl)cc1)N1CCOCC1. The first-order chi connectivity index (χ1) is 14.7. The van der Waals surface area contributed by atoms with Crippen LogP contribution in [-0.2, 0) is 9.53 Å². The minimum atomic E-state index is -0.371. The first kappa shape index (κ1) is 19.4. The predicted octanol–water partition coefficient (Wildman–Crippen LogP) is 3.22. The van der Waals surface area contributed by atoms with Crippen molar-refractivity contribution in [1.82, 2.24) is 19.8 Å². The van der Waals surface area contributed by atoms with Crippen molar-refractivity contribution in [2.45, 2.75) is 16.4 Å². The lowest BCUT2D eigenvalue weighted by Gasteiger charge is -2.37. The van der Waals surface area contributed by atoms with E-state index in [1.54, 1.807) is 0 Å². The third-order valence-corrected chi connectivity index (χ3v) is 6.72. The van der Waals surface area contributed by atoms with Crippen LogP contribution in [0.2, 0.25) is 5.02 Å². The van der Waals surface area contributed by atoms with E-state index in [0.29, 0.717) is 42.3 Å². The molecule has 1 saturated heterocycles. The van der Waals surface area contributed by atoms with Gasteiger partial charge in [-0.1, -0.05) is 65.8 Å². The van der Waals surface area contributed by atoms with Crippen molar-refractivity contribution in [3.05, 3.63) is 65.2 Å². The summed E-state index contributed by atoms with van der Waals surface area (Å²) in [6.45, 7) is 2.34. The summed E-state index contributed by atoms with van der Waals surface area (Å²) in [5, 5.41) is 9.69. The van der Waals surface area contributed by atoms with Gasteiger partial charge in [0.25, 0.3) is 0 Å². The van der Waals surface area contributed by atoms with E-state index in [1.807, 2.05) is 64.2 Å². The molecular weight excluding hydrogens is 422 g/mol. The van der Waals surface area contributed by atoms with Crippen molar-refractivity contribution in [1.29, 1.82) is 0 Å². The number of benzene rings is 2. The zero-order chi connectivity index (χ0) is 20.5. The fraction of sp³-hybridized carbons (Fsp3) is 0.286. The molecule has 0 radical (unpaired) electrons. The van der Waals surface area contributed by atoms with Crippen LogP contribution in [-0.4, -0.2) is 57.2 Å². The highest BCUT2D eigenvalue weighted by Gasteiger charge is 2.40. The molecule has 3 aromatic rings. The highest BCUT2D eigenvalue weighted by Crippen LogP contribution is 2.39. The summed E-state index contributed by atoms with van der Waals surface area (Å²) in [5.74, 6) is 0.792. The number of amides is 1. The van der Waals surface area contributed by atoms with Gasteiger partial charge in [-0.15, -0.1) is 10.2 Å². The first-order valence-electron chi connectivity index (χ1n) is 9.77. The monoisotopic (exact) mass is 441 g/mol. The number of aromatic nitrogens is 3. The van der Waals surface area contributed by atoms with Gasteiger partial charge in [0, 0.05) is 23.7 Å². The standard InChI is InChI=1S/C21H20ClN5O2S/c22-16-8-6-14(7-9-16)17-18(20(28)26-10-12-29-13-11-26)30-21-24-23-19(27(21)25-17)15-4-2-1-3-5-15/h1-9,17-18,25H,10-13H2. The second-order valence-electron chi connectivity index (χ2n) is 7.14. The largest absolute Gasteiger partial charge is 0.378 e. The number of nitrogens with zero attached hydrogens (tertiary/aromatic N) is 4. The van der Waals surface area contributed by atoms with Crippen LogP contribution in [0, 0.1) is 0 Å². The van der Waals surface area contributed by atoms with Crippen LogP contribution in [0.5, 0.6) is 0 Å². The molecule has 30 heavy (non-hydrogen) atoms. The lowest BCUT2D eigenvalue weighted by molar-refractivity contribution is -0.135. The predicted molar refractivity (Wildman–Crippen MR) is 116 cm³/mol. The van der Waals surface area contributed by atoms with Crippen LogP contribution >= 0.6 is 23.4 Å². The molecule has 3 heterocycles. The van der Waals surface area contributed by atoms with Gasteiger partial charge in [0.05, 0.1) is 19.3 Å². The van der Waals surface area contributed by atoms with Crippen LogP contribution < -0.4 is 5.43 Å². The minimum absolute atomic E-state index is 0.0752. The van der Waals surface area contributed by atoms with Gasteiger partial charge in [-0.05, 0) is 17.7 Å². The van der Waals surface area contributed by atoms with E-state index in [4.69, 9.17) is 16.3 Å². The number of fused-ring (bicyclic) bond motifs is 1. The number of halogens is 1. The maximum Gasteiger partial charge on any atom is 0.238 e. The van der Waals surface area contributed by atoms with Crippen molar-refractivity contribution in [2.24, 2.45) is 0 Å². The summed E-state index contributed by atoms with van der Waals surface area (Å²) < 4.78 is 7.29. The quantitative estimate of drug-likeness (QED) is 0.672. The van der Waals surface area contributed by atoms with Crippen LogP contribution in [0.25, 0.3) is 11.4 Å². The maximum atomic E-state index is 13.4. The Labute approximate surface area is 183 Å². The molecule has 0 saturated carbocycles. The summed E-state index contributed by atoms with van der Waals surface area (Å²) in [6.07, 6.45) is 0. The first-order valence-corrected chi connectivity index (χ1v) is 11.0. The minimum Gasteiger partial charge on any atom is -0.378 e. The molecule has 9 heteroatoms. The normalized spacial score (nSPS) is 21.0. The van der Waals surface area contributed by atoms with E-state index in [1.165, 1.54) is 11.8 Å². The highest BCUT2D eigenvalue weighted by atomic mass is 35.5. The van der Waals surface area contributed by atoms with E-state index in [0.717, 1.165) is 11.1 Å². The summed E-state index contributed by atoms with van der Waals surface area (Å²) in [4.78, 5) is 15.3. The summed E-state index contributed by atoms with van der Waals surface area (Å²) in [5.41, 5.74) is 5.44. The van der Waals surface area contributed by atoms with Crippen LogP contribution in [0.3, 0.4) is 0 Å². The number of hydrogen-bond donors (Lipinski definition) is 1. The molecule has 5 rings (SSSR count). The summed E-state index contributed by atoms with van der Waals surface area (Å²) in [7, 11) is 0. The average Bonchev–Trinajstić information content (AvgIpc) is 3.22. The second kappa shape index (κ2) is 8.29. The average molecular weight is 442 g/mol. The van der Waals surface area contributed by atoms with Crippen molar-refractivity contribution in [2.75, 3.05) is 31.7 Å². The van der Waals surface area contributed by atoms with Crippen LogP contribution in [0.1, 0.15) is 11.6 Å². The Morgan fingerprint density at radius 3 is 2.53 bits per heavy atom. The zero-order valence-electron chi connectivity index (χ0n) is 16.1. The number of carbonyl (C=O) groups is 1. The number of thioether (sulfide) groups is 1. The highest BCUT2D eigenvalue weighted by molar-refractivity contribution is 8.00. The van der Waals surface area contributed by atoms with Gasteiger partial charge in [0.1, 0.15) is 5.25 Å². The van der Waals surface area contributed by atoms with Crippen molar-refractivity contribution in [3.63, 3.8) is 0 Å². The van der Waals surface area contributed by atoms with Gasteiger partial charge in [0.2, 0.25) is 11.1 Å². The molecule has 2 aliphatic heterocycles. The molecule has 154 valence electrons. The number of nitrogens with one attached hydrogen (secondary N) is 1. The molecule has 1 amide bonds. The lowest BCUT2D eigenvalue weighted by atomic mass is 10.0. The van der Waals surface area contributed by atoms with E-state index in [-0.39, 0.29) is 17.2 Å². The summed E-state index contributed by atoms with van der Waals surface area (Å²) >= 11 is 7.54. The van der Waals surface area contributed by atoms with Gasteiger partial charge < -0.3 is 15.1 Å². The fourth-order valence-corrected chi connectivity index (χ4v) is 4.99. The molecule has 0 bridgehead atoms. The lowest BCUT2D eigenvalue weighted by Crippen LogP contribution is -2.49. The maximum absolute atomic E-state index is 13.4. The Kier molecular flexibility index (Phi) is 5.37. The molecule has 2 atom stereocenters. The molecule has 2 aliphatic rings. The molecule has 1 fully saturated rings. The van der Waals surface area contributed by atoms with E-state index >= 15 is 0 Å². The smallest absolute Gasteiger partial charge is 0.238 e. The second-order valence-corrected chi connectivity index (χ2v) is 8.69. The third-order valence-electron chi connectivity index (χ3n) is 5.26. The zero-order valence-corrected chi connectivity index (χ0v) is 17.6. The summed E-state index contributed by atoms with van der Waals surface area (Å²) in [6, 6.07) is 17.2. The Balaban J connectivity index is 1.53. The molecule has 2 aromatic carbocycles. The van der Waals surface area contributed by atoms with Gasteiger partial charge in [-0.3, -0.25) is 4.79 Å². The van der Waals surface area contributed by atoms with Gasteiger partial charge in [-0.2, -0.15) is 0 Å². The Bertz CT molecular complexity index is 1040. The number of carbonyl (C=O) groups excluding carboxylic acids is 1. The van der Waals surface area contributed by atoms with Crippen molar-refractivity contribution in [3.8, 4) is 11.4 Å². The molecule has 1 aromatic heterocycles. The van der Waals surface area contributed by atoms with Gasteiger partial charge in [0.15, 0.2) is 5.82 Å². The van der Waals surface area contributed by atoms with E-state index in [2.05, 4.69) is 15.6 Å². The molecule has 0 aliphatic carbocycles. The van der Waals surface area contributed by atoms with Crippen LogP contribution in [0.15, 0.2) is 59.8 Å². The van der Waals surface area contributed by atoms with Crippen molar-refractivity contribution < 1.29 is 9.53 Å². The Morgan fingerprint density at radius 1 is 1.07 bits per heavy atom. The van der Waals surface area contributed by atoms with Crippen LogP contribution in [0.4, 0.5) is 0 Å². The molecule has 0 spiro atoms. The van der Waals surface area contributed by atoms with E-state index in [9.17, 15) is 4.79 Å². The molecule has 1 N–H and O–H groups in total. The fourth-order valence-electron chi connectivity index (χ4n) is 3.70. The van der Waals surface area contributed by atoms with E-state index < -0.39 is 0 Å². The van der Waals surface area contributed by atoms with Crippen molar-refractivity contribution >= 4 is 29.3 Å². The number of hydrogen-bond acceptors (Lipinski definition) is 6. The van der Waals surface area contributed by atoms with Gasteiger partial charge >= 0.3 is 0 Å².